The first kappa shape index (κ1) is 18.2. The number of hydrogen-bond donors (Lipinski definition) is 1. The van der Waals surface area contributed by atoms with Crippen molar-refractivity contribution in [3.63, 3.8) is 0 Å². The summed E-state index contributed by atoms with van der Waals surface area (Å²) in [4.78, 5) is 18.9. The number of carbonyl (C=O) groups excluding carboxylic acids is 1. The number of amides is 1. The summed E-state index contributed by atoms with van der Waals surface area (Å²) in [6.07, 6.45) is 2.60. The standard InChI is InChI=1S/C17H22N4O5S/c1-3-27(23,24)20-13-7-12-9-21(15(22)14-5-4-6-25-14)10-17(12,8-13)16-18-11(2)19-26-16/h4-6,12-13,20H,3,7-10H2,1-2H3/t12?,13-,17+/m1/s1. The van der Waals surface area contributed by atoms with E-state index in [1.54, 1.807) is 30.9 Å². The number of likely N-dealkylation sites (tertiary alicyclic amines) is 1. The van der Waals surface area contributed by atoms with Crippen LogP contribution in [-0.2, 0) is 15.4 Å². The van der Waals surface area contributed by atoms with E-state index in [1.165, 1.54) is 6.26 Å². The van der Waals surface area contributed by atoms with Crippen LogP contribution in [-0.4, -0.2) is 54.2 Å². The van der Waals surface area contributed by atoms with E-state index >= 15 is 0 Å². The van der Waals surface area contributed by atoms with Crippen molar-refractivity contribution in [2.24, 2.45) is 5.92 Å². The molecule has 1 aliphatic heterocycles. The van der Waals surface area contributed by atoms with Gasteiger partial charge in [0.15, 0.2) is 11.6 Å². The minimum atomic E-state index is -3.32. The third kappa shape index (κ3) is 3.16. The molecule has 0 bridgehead atoms. The summed E-state index contributed by atoms with van der Waals surface area (Å²) >= 11 is 0. The highest BCUT2D eigenvalue weighted by Crippen LogP contribution is 2.50. The molecule has 1 aliphatic carbocycles. The summed E-state index contributed by atoms with van der Waals surface area (Å²) in [5, 5.41) is 3.91. The van der Waals surface area contributed by atoms with E-state index in [0.29, 0.717) is 37.6 Å². The molecule has 146 valence electrons. The lowest BCUT2D eigenvalue weighted by Crippen LogP contribution is -2.39. The molecular weight excluding hydrogens is 372 g/mol. The van der Waals surface area contributed by atoms with E-state index in [4.69, 9.17) is 8.94 Å². The summed E-state index contributed by atoms with van der Waals surface area (Å²) in [7, 11) is -3.32. The van der Waals surface area contributed by atoms with E-state index in [2.05, 4.69) is 14.9 Å². The highest BCUT2D eigenvalue weighted by molar-refractivity contribution is 7.89. The van der Waals surface area contributed by atoms with Crippen molar-refractivity contribution in [3.8, 4) is 0 Å². The largest absolute Gasteiger partial charge is 0.459 e. The molecule has 10 heteroatoms. The number of sulfonamides is 1. The zero-order chi connectivity index (χ0) is 19.2. The van der Waals surface area contributed by atoms with E-state index in [-0.39, 0.29) is 29.4 Å². The summed E-state index contributed by atoms with van der Waals surface area (Å²) in [5.74, 6) is 1.15. The zero-order valence-electron chi connectivity index (χ0n) is 15.2. The number of furan rings is 1. The van der Waals surface area contributed by atoms with Gasteiger partial charge in [-0.3, -0.25) is 4.79 Å². The molecule has 27 heavy (non-hydrogen) atoms. The summed E-state index contributed by atoms with van der Waals surface area (Å²) in [6.45, 7) is 4.24. The molecule has 2 aromatic rings. The molecule has 2 fully saturated rings. The second-order valence-electron chi connectivity index (χ2n) is 7.32. The second-order valence-corrected chi connectivity index (χ2v) is 9.36. The van der Waals surface area contributed by atoms with Crippen LogP contribution < -0.4 is 4.72 Å². The molecule has 4 rings (SSSR count). The fourth-order valence-electron chi connectivity index (χ4n) is 4.34. The maximum atomic E-state index is 12.7. The second kappa shape index (κ2) is 6.45. The molecule has 0 radical (unpaired) electrons. The number of fused-ring (bicyclic) bond motifs is 1. The first-order chi connectivity index (χ1) is 12.8. The molecule has 1 unspecified atom stereocenters. The molecule has 3 atom stereocenters. The smallest absolute Gasteiger partial charge is 0.289 e. The molecule has 2 aliphatic rings. The van der Waals surface area contributed by atoms with Crippen LogP contribution in [0.25, 0.3) is 0 Å². The molecule has 1 N–H and O–H groups in total. The van der Waals surface area contributed by atoms with Gasteiger partial charge in [-0.15, -0.1) is 0 Å². The highest BCUT2D eigenvalue weighted by Gasteiger charge is 2.58. The monoisotopic (exact) mass is 394 g/mol. The van der Waals surface area contributed by atoms with Gasteiger partial charge in [0, 0.05) is 19.1 Å². The normalized spacial score (nSPS) is 27.9. The van der Waals surface area contributed by atoms with Gasteiger partial charge in [-0.25, -0.2) is 13.1 Å². The number of nitrogens with one attached hydrogen (secondary N) is 1. The van der Waals surface area contributed by atoms with E-state index in [0.717, 1.165) is 0 Å². The number of nitrogens with zero attached hydrogens (tertiary/aromatic N) is 3. The first-order valence-corrected chi connectivity index (χ1v) is 10.6. The van der Waals surface area contributed by atoms with Gasteiger partial charge in [0.2, 0.25) is 15.9 Å². The Kier molecular flexibility index (Phi) is 4.34. The van der Waals surface area contributed by atoms with E-state index < -0.39 is 15.4 Å². The number of aromatic nitrogens is 2. The fourth-order valence-corrected chi connectivity index (χ4v) is 5.19. The molecule has 3 heterocycles. The molecule has 2 aromatic heterocycles. The SMILES string of the molecule is CCS(=O)(=O)N[C@@H]1CC2CN(C(=O)c3ccco3)C[C@@]2(c2nc(C)no2)C1. The predicted molar refractivity (Wildman–Crippen MR) is 94.4 cm³/mol. The van der Waals surface area contributed by atoms with E-state index in [1.807, 2.05) is 0 Å². The summed E-state index contributed by atoms with van der Waals surface area (Å²) in [5.41, 5.74) is -0.551. The van der Waals surface area contributed by atoms with Gasteiger partial charge in [0.1, 0.15) is 0 Å². The van der Waals surface area contributed by atoms with Crippen LogP contribution in [0.15, 0.2) is 27.3 Å². The van der Waals surface area contributed by atoms with Gasteiger partial charge in [-0.1, -0.05) is 5.16 Å². The van der Waals surface area contributed by atoms with Gasteiger partial charge in [0.25, 0.3) is 5.91 Å². The van der Waals surface area contributed by atoms with Crippen LogP contribution >= 0.6 is 0 Å². The lowest BCUT2D eigenvalue weighted by molar-refractivity contribution is 0.0741. The Balaban J connectivity index is 1.62. The minimum absolute atomic E-state index is 0.0285. The third-order valence-corrected chi connectivity index (χ3v) is 7.03. The maximum absolute atomic E-state index is 12.7. The topological polar surface area (TPSA) is 119 Å². The van der Waals surface area contributed by atoms with Crippen molar-refractivity contribution in [1.82, 2.24) is 19.8 Å². The van der Waals surface area contributed by atoms with Crippen molar-refractivity contribution >= 4 is 15.9 Å². The quantitative estimate of drug-likeness (QED) is 0.806. The van der Waals surface area contributed by atoms with Crippen LogP contribution in [0.3, 0.4) is 0 Å². The molecule has 1 saturated carbocycles. The van der Waals surface area contributed by atoms with Crippen molar-refractivity contribution in [3.05, 3.63) is 35.9 Å². The third-order valence-electron chi connectivity index (χ3n) is 5.57. The Hall–Kier alpha value is -2.20. The van der Waals surface area contributed by atoms with Gasteiger partial charge in [-0.2, -0.15) is 4.98 Å². The minimum Gasteiger partial charge on any atom is -0.459 e. The Morgan fingerprint density at radius 1 is 1.48 bits per heavy atom. The molecule has 1 amide bonds. The number of carbonyl (C=O) groups is 1. The number of aryl methyl sites for hydroxylation is 1. The van der Waals surface area contributed by atoms with Crippen molar-refractivity contribution in [2.45, 2.75) is 38.1 Å². The zero-order valence-corrected chi connectivity index (χ0v) is 16.0. The Labute approximate surface area is 157 Å². The summed E-state index contributed by atoms with van der Waals surface area (Å²) in [6, 6.07) is 3.10. The van der Waals surface area contributed by atoms with Crippen molar-refractivity contribution < 1.29 is 22.2 Å². The average Bonchev–Trinajstić information content (AvgIpc) is 3.36. The molecule has 0 spiro atoms. The Morgan fingerprint density at radius 3 is 2.93 bits per heavy atom. The van der Waals surface area contributed by atoms with Gasteiger partial charge >= 0.3 is 0 Å². The average molecular weight is 394 g/mol. The Bertz CT molecular complexity index is 938. The summed E-state index contributed by atoms with van der Waals surface area (Å²) < 4.78 is 37.5. The number of hydrogen-bond acceptors (Lipinski definition) is 7. The fraction of sp³-hybridized carbons (Fsp3) is 0.588. The molecule has 0 aromatic carbocycles. The van der Waals surface area contributed by atoms with Gasteiger partial charge in [-0.05, 0) is 44.7 Å². The molecule has 1 saturated heterocycles. The van der Waals surface area contributed by atoms with Crippen LogP contribution in [0.1, 0.15) is 42.0 Å². The first-order valence-electron chi connectivity index (χ1n) is 8.96. The highest BCUT2D eigenvalue weighted by atomic mass is 32.2. The van der Waals surface area contributed by atoms with Gasteiger partial charge in [0.05, 0.1) is 17.4 Å². The van der Waals surface area contributed by atoms with Crippen LogP contribution in [0.5, 0.6) is 0 Å². The van der Waals surface area contributed by atoms with Crippen LogP contribution in [0.4, 0.5) is 0 Å². The van der Waals surface area contributed by atoms with Crippen LogP contribution in [0, 0.1) is 12.8 Å². The molecular formula is C17H22N4O5S. The lowest BCUT2D eigenvalue weighted by Gasteiger charge is -2.25. The maximum Gasteiger partial charge on any atom is 0.289 e. The molecule has 9 nitrogen and oxygen atoms in total. The number of rotatable bonds is 5. The van der Waals surface area contributed by atoms with Crippen molar-refractivity contribution in [2.75, 3.05) is 18.8 Å². The lowest BCUT2D eigenvalue weighted by atomic mass is 9.80. The predicted octanol–water partition coefficient (Wildman–Crippen LogP) is 1.08. The Morgan fingerprint density at radius 2 is 2.30 bits per heavy atom. The van der Waals surface area contributed by atoms with Gasteiger partial charge < -0.3 is 13.8 Å². The van der Waals surface area contributed by atoms with Crippen molar-refractivity contribution in [1.29, 1.82) is 0 Å². The van der Waals surface area contributed by atoms with E-state index in [9.17, 15) is 13.2 Å². The van der Waals surface area contributed by atoms with Crippen LogP contribution in [0.2, 0.25) is 0 Å².